The normalized spacial score (nSPS) is 79.2. The van der Waals surface area contributed by atoms with Crippen molar-refractivity contribution in [3.05, 3.63) is 0 Å². The van der Waals surface area contributed by atoms with Crippen molar-refractivity contribution < 1.29 is 14.3 Å². The standard InChI is InChI=1S/C14H14O3/c1-13-7-5-3-4(12(16)17-11(3)15)6-9(7)14(13,2)10(6)8(5)13/h3-10H,1-2H3/t3-,4-,5?,6?,7-,8-,9+,10+,13?,14?/m0/s1. The van der Waals surface area contributed by atoms with Crippen LogP contribution in [0.5, 0.6) is 0 Å². The van der Waals surface area contributed by atoms with Gasteiger partial charge < -0.3 is 4.74 Å². The van der Waals surface area contributed by atoms with Crippen LogP contribution < -0.4 is 0 Å². The van der Waals surface area contributed by atoms with Gasteiger partial charge in [0, 0.05) is 0 Å². The average molecular weight is 230 g/mol. The molecule has 88 valence electrons. The summed E-state index contributed by atoms with van der Waals surface area (Å²) in [5.41, 5.74) is 1.06. The molecule has 0 aromatic rings. The van der Waals surface area contributed by atoms with Crippen molar-refractivity contribution in [3.8, 4) is 0 Å². The summed E-state index contributed by atoms with van der Waals surface area (Å²) in [6.07, 6.45) is 0. The van der Waals surface area contributed by atoms with Crippen LogP contribution in [0, 0.1) is 58.2 Å². The molecule has 1 aliphatic heterocycles. The van der Waals surface area contributed by atoms with E-state index in [-0.39, 0.29) is 23.8 Å². The Bertz CT molecular complexity index is 482. The van der Waals surface area contributed by atoms with Gasteiger partial charge in [-0.2, -0.15) is 0 Å². The van der Waals surface area contributed by atoms with Crippen LogP contribution in [0.2, 0.25) is 0 Å². The Hall–Kier alpha value is -0.860. The summed E-state index contributed by atoms with van der Waals surface area (Å²) in [5, 5.41) is 0. The molecule has 7 rings (SSSR count). The summed E-state index contributed by atoms with van der Waals surface area (Å²) in [6.45, 7) is 4.84. The first-order valence-corrected chi connectivity index (χ1v) is 6.80. The molecule has 17 heavy (non-hydrogen) atoms. The predicted molar refractivity (Wildman–Crippen MR) is 55.2 cm³/mol. The minimum Gasteiger partial charge on any atom is -0.393 e. The molecule has 0 radical (unpaired) electrons. The van der Waals surface area contributed by atoms with E-state index in [4.69, 9.17) is 4.74 Å². The van der Waals surface area contributed by atoms with E-state index in [0.717, 1.165) is 23.7 Å². The maximum atomic E-state index is 11.8. The van der Waals surface area contributed by atoms with Crippen molar-refractivity contribution in [2.24, 2.45) is 58.2 Å². The lowest BCUT2D eigenvalue weighted by atomic mass is 9.00. The molecule has 7 fully saturated rings. The van der Waals surface area contributed by atoms with Gasteiger partial charge in [-0.15, -0.1) is 0 Å². The second kappa shape index (κ2) is 1.70. The molecule has 1 saturated heterocycles. The molecule has 7 aliphatic rings. The third-order valence-corrected chi connectivity index (χ3v) is 8.32. The van der Waals surface area contributed by atoms with E-state index in [1.807, 2.05) is 0 Å². The Morgan fingerprint density at radius 3 is 1.53 bits per heavy atom. The van der Waals surface area contributed by atoms with Gasteiger partial charge >= 0.3 is 11.9 Å². The predicted octanol–water partition coefficient (Wildman–Crippen LogP) is 1.08. The van der Waals surface area contributed by atoms with Crippen LogP contribution in [-0.2, 0) is 14.3 Å². The fourth-order valence-corrected chi connectivity index (χ4v) is 8.16. The molecule has 1 heterocycles. The van der Waals surface area contributed by atoms with Crippen LogP contribution in [0.1, 0.15) is 13.8 Å². The molecule has 0 spiro atoms. The van der Waals surface area contributed by atoms with Gasteiger partial charge in [0.25, 0.3) is 0 Å². The Balaban J connectivity index is 1.58. The molecule has 3 nitrogen and oxygen atoms in total. The van der Waals surface area contributed by atoms with Crippen molar-refractivity contribution >= 4 is 11.9 Å². The van der Waals surface area contributed by atoms with Crippen LogP contribution >= 0.6 is 0 Å². The van der Waals surface area contributed by atoms with Crippen LogP contribution in [0.4, 0.5) is 0 Å². The van der Waals surface area contributed by atoms with E-state index in [1.54, 1.807) is 0 Å². The van der Waals surface area contributed by atoms with E-state index in [2.05, 4.69) is 13.8 Å². The number of carbonyl (C=O) groups excluding carboxylic acids is 2. The zero-order valence-electron chi connectivity index (χ0n) is 9.84. The molecular formula is C14H14O3. The minimum atomic E-state index is -0.200. The number of hydrogen-bond acceptors (Lipinski definition) is 3. The smallest absolute Gasteiger partial charge is 0.317 e. The van der Waals surface area contributed by atoms with E-state index < -0.39 is 0 Å². The molecule has 0 aromatic carbocycles. The molecule has 0 N–H and O–H groups in total. The Labute approximate surface area is 98.9 Å². The number of esters is 2. The molecule has 2 bridgehead atoms. The molecule has 0 unspecified atom stereocenters. The first kappa shape index (κ1) is 8.28. The van der Waals surface area contributed by atoms with Crippen molar-refractivity contribution in [2.75, 3.05) is 0 Å². The Kier molecular flexibility index (Phi) is 0.830. The van der Waals surface area contributed by atoms with Gasteiger partial charge in [0.15, 0.2) is 0 Å². The van der Waals surface area contributed by atoms with Crippen molar-refractivity contribution in [1.82, 2.24) is 0 Å². The van der Waals surface area contributed by atoms with E-state index >= 15 is 0 Å². The maximum Gasteiger partial charge on any atom is 0.317 e. The van der Waals surface area contributed by atoms with E-state index in [9.17, 15) is 9.59 Å². The molecular weight excluding hydrogens is 216 g/mol. The quantitative estimate of drug-likeness (QED) is 0.462. The number of ether oxygens (including phenoxy) is 1. The molecule has 0 aromatic heterocycles. The molecule has 6 atom stereocenters. The van der Waals surface area contributed by atoms with E-state index in [1.165, 1.54) is 0 Å². The molecule has 0 amide bonds. The summed E-state index contributed by atoms with van der Waals surface area (Å²) in [7, 11) is 0. The highest BCUT2D eigenvalue weighted by Gasteiger charge is 3.02. The lowest BCUT2D eigenvalue weighted by Crippen LogP contribution is -3.01. The van der Waals surface area contributed by atoms with Gasteiger partial charge in [-0.3, -0.25) is 9.59 Å². The van der Waals surface area contributed by atoms with Crippen LogP contribution in [0.3, 0.4) is 0 Å². The third-order valence-electron chi connectivity index (χ3n) is 8.32. The van der Waals surface area contributed by atoms with Gasteiger partial charge in [-0.25, -0.2) is 0 Å². The van der Waals surface area contributed by atoms with Gasteiger partial charge in [-0.1, -0.05) is 13.8 Å². The minimum absolute atomic E-state index is 0.0482. The second-order valence-corrected chi connectivity index (χ2v) is 7.61. The molecule has 6 saturated carbocycles. The van der Waals surface area contributed by atoms with Crippen LogP contribution in [-0.4, -0.2) is 11.9 Å². The zero-order chi connectivity index (χ0) is 11.5. The van der Waals surface area contributed by atoms with Crippen LogP contribution in [0.15, 0.2) is 0 Å². The zero-order valence-corrected chi connectivity index (χ0v) is 9.84. The first-order chi connectivity index (χ1) is 8.04. The highest BCUT2D eigenvalue weighted by Crippen LogP contribution is 3.03. The number of rotatable bonds is 0. The first-order valence-electron chi connectivity index (χ1n) is 6.80. The number of cyclic esters (lactones) is 2. The second-order valence-electron chi connectivity index (χ2n) is 7.61. The highest BCUT2D eigenvalue weighted by molar-refractivity contribution is 5.98. The van der Waals surface area contributed by atoms with Gasteiger partial charge in [0.2, 0.25) is 0 Å². The molecule has 6 aliphatic carbocycles. The number of hydrogen-bond donors (Lipinski definition) is 0. The lowest BCUT2D eigenvalue weighted by molar-refractivity contribution is -0.571. The topological polar surface area (TPSA) is 43.4 Å². The third kappa shape index (κ3) is 0.407. The summed E-state index contributed by atoms with van der Waals surface area (Å²) in [4.78, 5) is 23.7. The Morgan fingerprint density at radius 2 is 1.18 bits per heavy atom. The fraction of sp³-hybridized carbons (Fsp3) is 0.857. The van der Waals surface area contributed by atoms with Gasteiger partial charge in [-0.05, 0) is 46.3 Å². The Morgan fingerprint density at radius 1 is 0.824 bits per heavy atom. The fourth-order valence-electron chi connectivity index (χ4n) is 8.16. The summed E-state index contributed by atoms with van der Waals surface area (Å²) in [6, 6.07) is 0. The molecule has 3 heteroatoms. The van der Waals surface area contributed by atoms with Gasteiger partial charge in [0.1, 0.15) is 0 Å². The maximum absolute atomic E-state index is 11.8. The van der Waals surface area contributed by atoms with Crippen molar-refractivity contribution in [3.63, 3.8) is 0 Å². The summed E-state index contributed by atoms with van der Waals surface area (Å²) in [5.74, 6) is 3.49. The highest BCUT2D eigenvalue weighted by atomic mass is 16.6. The van der Waals surface area contributed by atoms with Gasteiger partial charge in [0.05, 0.1) is 11.8 Å². The lowest BCUT2D eigenvalue weighted by Gasteiger charge is -3.03. The van der Waals surface area contributed by atoms with Crippen LogP contribution in [0.25, 0.3) is 0 Å². The SMILES string of the molecule is CC12[C@@H]3C4[C@H]5C(=O)OC(=O)[C@@H]5C5[C@@H]3C1(C)[C@@H]5[C@@H]42. The average Bonchev–Trinajstić information content (AvgIpc) is 2.62. The summed E-state index contributed by atoms with van der Waals surface area (Å²) < 4.78 is 4.92. The monoisotopic (exact) mass is 230 g/mol. The number of carbonyl (C=O) groups is 2. The largest absolute Gasteiger partial charge is 0.393 e. The summed E-state index contributed by atoms with van der Waals surface area (Å²) >= 11 is 0. The van der Waals surface area contributed by atoms with Crippen molar-refractivity contribution in [2.45, 2.75) is 13.8 Å². The van der Waals surface area contributed by atoms with E-state index in [0.29, 0.717) is 22.7 Å². The van der Waals surface area contributed by atoms with Crippen molar-refractivity contribution in [1.29, 1.82) is 0 Å².